The van der Waals surface area contributed by atoms with E-state index in [-0.39, 0.29) is 13.2 Å². The second kappa shape index (κ2) is 9.06. The Hall–Kier alpha value is -0.940. The normalized spacial score (nSPS) is 7.64. The van der Waals surface area contributed by atoms with Crippen LogP contribution >= 0.6 is 0 Å². The van der Waals surface area contributed by atoms with Crippen LogP contribution in [0.5, 0.6) is 0 Å². The molecule has 2 N–H and O–H groups in total. The molecule has 0 aromatic carbocycles. The number of aliphatic hydroxyl groups excluding tert-OH is 2. The van der Waals surface area contributed by atoms with Gasteiger partial charge in [-0.1, -0.05) is 0 Å². The van der Waals surface area contributed by atoms with Crippen molar-refractivity contribution in [2.24, 2.45) is 0 Å². The molecule has 11 heavy (non-hydrogen) atoms. The van der Waals surface area contributed by atoms with Gasteiger partial charge in [-0.25, -0.2) is 0 Å². The van der Waals surface area contributed by atoms with Crippen LogP contribution in [-0.4, -0.2) is 35.4 Å². The lowest BCUT2D eigenvalue weighted by Crippen LogP contribution is -2.03. The first kappa shape index (κ1) is 12.7. The third-order valence-corrected chi connectivity index (χ3v) is 0.387. The molecule has 5 heteroatoms. The predicted octanol–water partition coefficient (Wildman–Crippen LogP) is -0.933. The standard InChI is InChI=1S/C4H6O3.C2H6O2/c1-3(5)7-4(2)6;3-1-2-4/h1-2H3;3-4H,1-2H2. The zero-order valence-electron chi connectivity index (χ0n) is 6.53. The zero-order valence-corrected chi connectivity index (χ0v) is 6.53. The maximum atomic E-state index is 9.81. The van der Waals surface area contributed by atoms with Crippen LogP contribution in [0.1, 0.15) is 13.8 Å². The Labute approximate surface area is 64.6 Å². The molecular formula is C6H12O5. The summed E-state index contributed by atoms with van der Waals surface area (Å²) in [6.07, 6.45) is 0. The fourth-order valence-corrected chi connectivity index (χ4v) is 0.202. The third-order valence-electron chi connectivity index (χ3n) is 0.387. The first-order valence-corrected chi connectivity index (χ1v) is 2.95. The van der Waals surface area contributed by atoms with Crippen LogP contribution in [0.25, 0.3) is 0 Å². The number of hydrogen-bond acceptors (Lipinski definition) is 5. The minimum absolute atomic E-state index is 0.125. The topological polar surface area (TPSA) is 83.8 Å². The van der Waals surface area contributed by atoms with Gasteiger partial charge in [0.25, 0.3) is 0 Å². The number of carbonyl (C=O) groups excluding carboxylic acids is 2. The number of carbonyl (C=O) groups is 2. The molecule has 0 bridgehead atoms. The molecule has 0 fully saturated rings. The summed E-state index contributed by atoms with van der Waals surface area (Å²) in [7, 11) is 0. The predicted molar refractivity (Wildman–Crippen MR) is 36.6 cm³/mol. The molecule has 0 radical (unpaired) electrons. The summed E-state index contributed by atoms with van der Waals surface area (Å²) >= 11 is 0. The highest BCUT2D eigenvalue weighted by Crippen LogP contribution is 1.73. The Morgan fingerprint density at radius 3 is 1.36 bits per heavy atom. The Morgan fingerprint density at radius 2 is 1.36 bits per heavy atom. The van der Waals surface area contributed by atoms with E-state index in [4.69, 9.17) is 10.2 Å². The van der Waals surface area contributed by atoms with E-state index in [0.717, 1.165) is 0 Å². The molecule has 0 saturated carbocycles. The summed E-state index contributed by atoms with van der Waals surface area (Å²) in [5.41, 5.74) is 0. The van der Waals surface area contributed by atoms with Crippen LogP contribution in [0.2, 0.25) is 0 Å². The zero-order chi connectivity index (χ0) is 9.28. The van der Waals surface area contributed by atoms with E-state index in [1.54, 1.807) is 0 Å². The van der Waals surface area contributed by atoms with Crippen LogP contribution in [0.3, 0.4) is 0 Å². The van der Waals surface area contributed by atoms with E-state index in [9.17, 15) is 9.59 Å². The number of hydrogen-bond donors (Lipinski definition) is 2. The maximum Gasteiger partial charge on any atom is 0.310 e. The highest BCUT2D eigenvalue weighted by Gasteiger charge is 1.93. The molecule has 0 amide bonds. The van der Waals surface area contributed by atoms with Gasteiger partial charge in [0.05, 0.1) is 13.2 Å². The smallest absolute Gasteiger partial charge is 0.310 e. The molecule has 0 unspecified atom stereocenters. The summed E-state index contributed by atoms with van der Waals surface area (Å²) in [6, 6.07) is 0. The second-order valence-electron chi connectivity index (χ2n) is 1.53. The van der Waals surface area contributed by atoms with Crippen LogP contribution in [0, 0.1) is 0 Å². The monoisotopic (exact) mass is 164 g/mol. The van der Waals surface area contributed by atoms with Gasteiger partial charge >= 0.3 is 11.9 Å². The van der Waals surface area contributed by atoms with Gasteiger partial charge in [0.15, 0.2) is 0 Å². The van der Waals surface area contributed by atoms with Gasteiger partial charge in [0.2, 0.25) is 0 Å². The largest absolute Gasteiger partial charge is 0.394 e. The molecule has 5 nitrogen and oxygen atoms in total. The molecule has 0 aromatic rings. The van der Waals surface area contributed by atoms with E-state index < -0.39 is 11.9 Å². The van der Waals surface area contributed by atoms with Crippen LogP contribution in [0.4, 0.5) is 0 Å². The molecule has 0 aliphatic heterocycles. The van der Waals surface area contributed by atoms with Crippen molar-refractivity contribution in [1.82, 2.24) is 0 Å². The van der Waals surface area contributed by atoms with E-state index >= 15 is 0 Å². The lowest BCUT2D eigenvalue weighted by molar-refractivity contribution is -0.156. The summed E-state index contributed by atoms with van der Waals surface area (Å²) in [5.74, 6) is -1.12. The molecule has 66 valence electrons. The molecular weight excluding hydrogens is 152 g/mol. The summed E-state index contributed by atoms with van der Waals surface area (Å²) in [5, 5.41) is 15.2. The first-order valence-electron chi connectivity index (χ1n) is 2.95. The van der Waals surface area contributed by atoms with Crippen molar-refractivity contribution in [3.63, 3.8) is 0 Å². The summed E-state index contributed by atoms with van der Waals surface area (Å²) in [6.45, 7) is 2.11. The van der Waals surface area contributed by atoms with Crippen molar-refractivity contribution >= 4 is 11.9 Å². The van der Waals surface area contributed by atoms with Crippen molar-refractivity contribution in [1.29, 1.82) is 0 Å². The van der Waals surface area contributed by atoms with Gasteiger partial charge in [0, 0.05) is 13.8 Å². The average Bonchev–Trinajstić information content (AvgIpc) is 1.85. The minimum atomic E-state index is -0.562. The van der Waals surface area contributed by atoms with Gasteiger partial charge in [0.1, 0.15) is 0 Å². The number of aliphatic hydroxyl groups is 2. The van der Waals surface area contributed by atoms with Crippen molar-refractivity contribution in [3.05, 3.63) is 0 Å². The molecule has 0 aliphatic rings. The highest BCUT2D eigenvalue weighted by molar-refractivity contribution is 5.82. The number of rotatable bonds is 1. The van der Waals surface area contributed by atoms with E-state index in [2.05, 4.69) is 4.74 Å². The van der Waals surface area contributed by atoms with Crippen molar-refractivity contribution in [2.75, 3.05) is 13.2 Å². The van der Waals surface area contributed by atoms with Crippen molar-refractivity contribution in [2.45, 2.75) is 13.8 Å². The molecule has 0 heterocycles. The SMILES string of the molecule is CC(=O)OC(C)=O.OCCO. The first-order chi connectivity index (χ1) is 5.04. The molecule has 0 rings (SSSR count). The fourth-order valence-electron chi connectivity index (χ4n) is 0.202. The number of ether oxygens (including phenoxy) is 1. The number of esters is 2. The van der Waals surface area contributed by atoms with Gasteiger partial charge in [-0.2, -0.15) is 0 Å². The van der Waals surface area contributed by atoms with Crippen LogP contribution in [-0.2, 0) is 14.3 Å². The van der Waals surface area contributed by atoms with E-state index in [1.165, 1.54) is 13.8 Å². The molecule has 0 aliphatic carbocycles. The summed E-state index contributed by atoms with van der Waals surface area (Å²) in [4.78, 5) is 19.6. The van der Waals surface area contributed by atoms with Gasteiger partial charge in [-0.15, -0.1) is 0 Å². The average molecular weight is 164 g/mol. The molecule has 0 saturated heterocycles. The Morgan fingerprint density at radius 1 is 1.09 bits per heavy atom. The van der Waals surface area contributed by atoms with E-state index in [0.29, 0.717) is 0 Å². The maximum absolute atomic E-state index is 9.81. The Balaban J connectivity index is 0. The van der Waals surface area contributed by atoms with Gasteiger partial charge in [-0.05, 0) is 0 Å². The Bertz CT molecular complexity index is 106. The lowest BCUT2D eigenvalue weighted by atomic mass is 10.7. The minimum Gasteiger partial charge on any atom is -0.394 e. The molecule has 0 spiro atoms. The second-order valence-corrected chi connectivity index (χ2v) is 1.53. The Kier molecular flexibility index (Phi) is 10.5. The quantitative estimate of drug-likeness (QED) is 0.386. The highest BCUT2D eigenvalue weighted by atomic mass is 16.6. The van der Waals surface area contributed by atoms with Crippen molar-refractivity contribution in [3.8, 4) is 0 Å². The van der Waals surface area contributed by atoms with Gasteiger partial charge < -0.3 is 14.9 Å². The molecule has 0 aromatic heterocycles. The fraction of sp³-hybridized carbons (Fsp3) is 0.667. The van der Waals surface area contributed by atoms with Crippen LogP contribution < -0.4 is 0 Å². The summed E-state index contributed by atoms with van der Waals surface area (Å²) < 4.78 is 3.97. The van der Waals surface area contributed by atoms with Crippen LogP contribution in [0.15, 0.2) is 0 Å². The lowest BCUT2D eigenvalue weighted by Gasteiger charge is -1.87. The van der Waals surface area contributed by atoms with E-state index in [1.807, 2.05) is 0 Å². The molecule has 0 atom stereocenters. The third kappa shape index (κ3) is 27.4. The van der Waals surface area contributed by atoms with Gasteiger partial charge in [-0.3, -0.25) is 9.59 Å². The van der Waals surface area contributed by atoms with Crippen molar-refractivity contribution < 1.29 is 24.5 Å².